The van der Waals surface area contributed by atoms with Crippen LogP contribution in [0.4, 0.5) is 0 Å². The Bertz CT molecular complexity index is 364. The van der Waals surface area contributed by atoms with Crippen molar-refractivity contribution in [3.63, 3.8) is 0 Å². The van der Waals surface area contributed by atoms with Crippen LogP contribution in [0.1, 0.15) is 49.0 Å². The first-order valence-electron chi connectivity index (χ1n) is 5.94. The standard InChI is InChI=1S/C12H19N3O/c1-9(16)15-8-7-12(14-15)10-3-5-11(13-2)6-4-10/h7-8,10-11,13H,3-6H2,1-2H3. The molecule has 0 bridgehead atoms. The molecule has 0 unspecified atom stereocenters. The minimum absolute atomic E-state index is 0.0184. The molecule has 1 aromatic rings. The van der Waals surface area contributed by atoms with Gasteiger partial charge in [0.15, 0.2) is 0 Å². The fraction of sp³-hybridized carbons (Fsp3) is 0.667. The van der Waals surface area contributed by atoms with E-state index in [9.17, 15) is 4.79 Å². The Hall–Kier alpha value is -1.16. The first-order valence-corrected chi connectivity index (χ1v) is 5.94. The fourth-order valence-corrected chi connectivity index (χ4v) is 2.41. The lowest BCUT2D eigenvalue weighted by atomic mass is 9.84. The van der Waals surface area contributed by atoms with Crippen molar-refractivity contribution in [3.05, 3.63) is 18.0 Å². The Morgan fingerprint density at radius 3 is 2.62 bits per heavy atom. The molecule has 1 N–H and O–H groups in total. The van der Waals surface area contributed by atoms with E-state index in [-0.39, 0.29) is 5.91 Å². The average molecular weight is 221 g/mol. The van der Waals surface area contributed by atoms with Crippen LogP contribution in [-0.2, 0) is 0 Å². The molecule has 88 valence electrons. The number of hydrogen-bond acceptors (Lipinski definition) is 3. The fourth-order valence-electron chi connectivity index (χ4n) is 2.41. The van der Waals surface area contributed by atoms with Crippen molar-refractivity contribution in [1.82, 2.24) is 15.1 Å². The van der Waals surface area contributed by atoms with Crippen molar-refractivity contribution in [3.8, 4) is 0 Å². The molecular weight excluding hydrogens is 202 g/mol. The van der Waals surface area contributed by atoms with Crippen LogP contribution in [-0.4, -0.2) is 28.8 Å². The quantitative estimate of drug-likeness (QED) is 0.828. The minimum Gasteiger partial charge on any atom is -0.317 e. The van der Waals surface area contributed by atoms with Gasteiger partial charge in [0.25, 0.3) is 0 Å². The zero-order valence-electron chi connectivity index (χ0n) is 9.94. The van der Waals surface area contributed by atoms with E-state index in [1.54, 1.807) is 6.20 Å². The molecule has 1 aliphatic carbocycles. The van der Waals surface area contributed by atoms with Gasteiger partial charge in [0, 0.05) is 25.1 Å². The summed E-state index contributed by atoms with van der Waals surface area (Å²) >= 11 is 0. The summed E-state index contributed by atoms with van der Waals surface area (Å²) in [5, 5.41) is 7.65. The van der Waals surface area contributed by atoms with Crippen molar-refractivity contribution >= 4 is 5.91 Å². The highest BCUT2D eigenvalue weighted by Crippen LogP contribution is 2.31. The molecule has 4 heteroatoms. The number of hydrogen-bond donors (Lipinski definition) is 1. The number of carbonyl (C=O) groups excluding carboxylic acids is 1. The van der Waals surface area contributed by atoms with Gasteiger partial charge in [-0.2, -0.15) is 5.10 Å². The summed E-state index contributed by atoms with van der Waals surface area (Å²) in [6.07, 6.45) is 6.50. The van der Waals surface area contributed by atoms with Gasteiger partial charge in [-0.25, -0.2) is 4.68 Å². The van der Waals surface area contributed by atoms with E-state index in [0.29, 0.717) is 12.0 Å². The number of carbonyl (C=O) groups is 1. The predicted molar refractivity (Wildman–Crippen MR) is 62.6 cm³/mol. The van der Waals surface area contributed by atoms with E-state index in [4.69, 9.17) is 0 Å². The summed E-state index contributed by atoms with van der Waals surface area (Å²) in [6, 6.07) is 2.64. The lowest BCUT2D eigenvalue weighted by Gasteiger charge is -2.27. The molecule has 0 atom stereocenters. The van der Waals surface area contributed by atoms with Crippen molar-refractivity contribution in [2.75, 3.05) is 7.05 Å². The summed E-state index contributed by atoms with van der Waals surface area (Å²) in [6.45, 7) is 1.54. The molecule has 0 saturated heterocycles. The molecule has 1 fully saturated rings. The molecule has 0 aliphatic heterocycles. The topological polar surface area (TPSA) is 46.9 Å². The average Bonchev–Trinajstić information content (AvgIpc) is 2.78. The van der Waals surface area contributed by atoms with Gasteiger partial charge in [0.2, 0.25) is 5.91 Å². The highest BCUT2D eigenvalue weighted by atomic mass is 16.2. The number of nitrogens with zero attached hydrogens (tertiary/aromatic N) is 2. The Morgan fingerprint density at radius 1 is 1.44 bits per heavy atom. The van der Waals surface area contributed by atoms with Crippen LogP contribution < -0.4 is 5.32 Å². The molecular formula is C12H19N3O. The van der Waals surface area contributed by atoms with E-state index >= 15 is 0 Å². The lowest BCUT2D eigenvalue weighted by molar-refractivity contribution is 0.0920. The summed E-state index contributed by atoms with van der Waals surface area (Å²) in [5.41, 5.74) is 1.07. The number of aromatic nitrogens is 2. The summed E-state index contributed by atoms with van der Waals surface area (Å²) in [4.78, 5) is 11.1. The third-order valence-electron chi connectivity index (χ3n) is 3.49. The molecule has 0 radical (unpaired) electrons. The van der Waals surface area contributed by atoms with Crippen LogP contribution in [0.15, 0.2) is 12.3 Å². The van der Waals surface area contributed by atoms with E-state index in [1.807, 2.05) is 13.1 Å². The maximum atomic E-state index is 11.1. The molecule has 0 amide bonds. The van der Waals surface area contributed by atoms with Crippen molar-refractivity contribution in [2.24, 2.45) is 0 Å². The summed E-state index contributed by atoms with van der Waals surface area (Å²) in [5.74, 6) is 0.514. The SMILES string of the molecule is CNC1CCC(c2ccn(C(C)=O)n2)CC1. The second kappa shape index (κ2) is 4.78. The van der Waals surface area contributed by atoms with Gasteiger partial charge in [0.05, 0.1) is 5.69 Å². The first-order chi connectivity index (χ1) is 7.70. The molecule has 1 heterocycles. The Kier molecular flexibility index (Phi) is 3.39. The Labute approximate surface area is 96.0 Å². The van der Waals surface area contributed by atoms with Gasteiger partial charge in [-0.15, -0.1) is 0 Å². The molecule has 2 rings (SSSR count). The molecule has 1 aliphatic rings. The number of rotatable bonds is 2. The predicted octanol–water partition coefficient (Wildman–Crippen LogP) is 1.79. The van der Waals surface area contributed by atoms with Gasteiger partial charge in [-0.3, -0.25) is 4.79 Å². The highest BCUT2D eigenvalue weighted by Gasteiger charge is 2.23. The molecule has 1 aromatic heterocycles. The van der Waals surface area contributed by atoms with Gasteiger partial charge < -0.3 is 5.32 Å². The second-order valence-electron chi connectivity index (χ2n) is 4.54. The van der Waals surface area contributed by atoms with E-state index in [1.165, 1.54) is 37.3 Å². The molecule has 0 spiro atoms. The van der Waals surface area contributed by atoms with E-state index in [2.05, 4.69) is 10.4 Å². The third-order valence-corrected chi connectivity index (χ3v) is 3.49. The van der Waals surface area contributed by atoms with Crippen LogP contribution in [0.2, 0.25) is 0 Å². The van der Waals surface area contributed by atoms with Crippen LogP contribution in [0.3, 0.4) is 0 Å². The molecule has 0 aromatic carbocycles. The molecule has 4 nitrogen and oxygen atoms in total. The Balaban J connectivity index is 2.00. The zero-order valence-corrected chi connectivity index (χ0v) is 9.94. The highest BCUT2D eigenvalue weighted by molar-refractivity contribution is 5.74. The van der Waals surface area contributed by atoms with Crippen LogP contribution in [0, 0.1) is 0 Å². The van der Waals surface area contributed by atoms with Gasteiger partial charge >= 0.3 is 0 Å². The largest absolute Gasteiger partial charge is 0.317 e. The third kappa shape index (κ3) is 2.32. The molecule has 1 saturated carbocycles. The lowest BCUT2D eigenvalue weighted by Crippen LogP contribution is -2.29. The summed E-state index contributed by atoms with van der Waals surface area (Å²) in [7, 11) is 2.02. The number of nitrogens with one attached hydrogen (secondary N) is 1. The monoisotopic (exact) mass is 221 g/mol. The van der Waals surface area contributed by atoms with Crippen molar-refractivity contribution < 1.29 is 4.79 Å². The van der Waals surface area contributed by atoms with Crippen LogP contribution >= 0.6 is 0 Å². The maximum absolute atomic E-state index is 11.1. The van der Waals surface area contributed by atoms with E-state index < -0.39 is 0 Å². The van der Waals surface area contributed by atoms with Crippen LogP contribution in [0.5, 0.6) is 0 Å². The normalized spacial score (nSPS) is 25.6. The zero-order chi connectivity index (χ0) is 11.5. The first kappa shape index (κ1) is 11.3. The molecule has 16 heavy (non-hydrogen) atoms. The summed E-state index contributed by atoms with van der Waals surface area (Å²) < 4.78 is 1.43. The Morgan fingerprint density at radius 2 is 2.12 bits per heavy atom. The minimum atomic E-state index is -0.0184. The van der Waals surface area contributed by atoms with Crippen LogP contribution in [0.25, 0.3) is 0 Å². The van der Waals surface area contributed by atoms with Crippen molar-refractivity contribution in [2.45, 2.75) is 44.6 Å². The second-order valence-corrected chi connectivity index (χ2v) is 4.54. The smallest absolute Gasteiger partial charge is 0.243 e. The van der Waals surface area contributed by atoms with Gasteiger partial charge in [-0.05, 0) is 38.8 Å². The van der Waals surface area contributed by atoms with Crippen molar-refractivity contribution in [1.29, 1.82) is 0 Å². The van der Waals surface area contributed by atoms with E-state index in [0.717, 1.165) is 5.69 Å². The van der Waals surface area contributed by atoms with Gasteiger partial charge in [0.1, 0.15) is 0 Å². The maximum Gasteiger partial charge on any atom is 0.243 e. The van der Waals surface area contributed by atoms with Gasteiger partial charge in [-0.1, -0.05) is 0 Å².